The third kappa shape index (κ3) is 2.61. The largest absolute Gasteiger partial charge is 0.480 e. The number of rotatable bonds is 5. The number of aromatic nitrogens is 1. The topological polar surface area (TPSA) is 75.4 Å². The Kier molecular flexibility index (Phi) is 4.06. The molecule has 0 saturated heterocycles. The van der Waals surface area contributed by atoms with Crippen LogP contribution in [0.25, 0.3) is 0 Å². The Balaban J connectivity index is 2.79. The SMILES string of the molecule is CCC(NC(C)c1c(C)noc1C)C(=O)O. The molecule has 90 valence electrons. The van der Waals surface area contributed by atoms with E-state index in [2.05, 4.69) is 10.5 Å². The minimum absolute atomic E-state index is 0.0766. The van der Waals surface area contributed by atoms with E-state index in [1.807, 2.05) is 27.7 Å². The van der Waals surface area contributed by atoms with Crippen LogP contribution in [0.5, 0.6) is 0 Å². The normalized spacial score (nSPS) is 14.8. The molecule has 0 aliphatic carbocycles. The van der Waals surface area contributed by atoms with Crippen LogP contribution in [0, 0.1) is 13.8 Å². The van der Waals surface area contributed by atoms with E-state index in [0.717, 1.165) is 17.0 Å². The molecule has 1 heterocycles. The quantitative estimate of drug-likeness (QED) is 0.800. The molecule has 1 aromatic rings. The Hall–Kier alpha value is -1.36. The Morgan fingerprint density at radius 2 is 2.19 bits per heavy atom. The summed E-state index contributed by atoms with van der Waals surface area (Å²) < 4.78 is 5.05. The molecule has 0 bridgehead atoms. The Bertz CT molecular complexity index is 354. The van der Waals surface area contributed by atoms with Crippen LogP contribution in [0.2, 0.25) is 0 Å². The highest BCUT2D eigenvalue weighted by Crippen LogP contribution is 2.21. The van der Waals surface area contributed by atoms with Gasteiger partial charge < -0.3 is 9.63 Å². The summed E-state index contributed by atoms with van der Waals surface area (Å²) in [5, 5.41) is 15.9. The lowest BCUT2D eigenvalue weighted by Crippen LogP contribution is -2.37. The number of nitrogens with one attached hydrogen (secondary N) is 1. The first-order valence-corrected chi connectivity index (χ1v) is 5.39. The maximum Gasteiger partial charge on any atom is 0.320 e. The van der Waals surface area contributed by atoms with Gasteiger partial charge in [-0.25, -0.2) is 0 Å². The minimum atomic E-state index is -0.832. The Labute approximate surface area is 94.8 Å². The summed E-state index contributed by atoms with van der Waals surface area (Å²) in [7, 11) is 0. The standard InChI is InChI=1S/C11H18N2O3/c1-5-9(11(14)15)12-6(2)10-7(3)13-16-8(10)4/h6,9,12H,5H2,1-4H3,(H,14,15). The molecule has 1 rings (SSSR count). The van der Waals surface area contributed by atoms with Crippen molar-refractivity contribution in [2.75, 3.05) is 0 Å². The van der Waals surface area contributed by atoms with Crippen molar-refractivity contribution in [2.45, 2.75) is 46.2 Å². The van der Waals surface area contributed by atoms with Crippen LogP contribution in [0.15, 0.2) is 4.52 Å². The monoisotopic (exact) mass is 226 g/mol. The molecule has 1 aromatic heterocycles. The molecular formula is C11H18N2O3. The summed E-state index contributed by atoms with van der Waals surface area (Å²) in [6.07, 6.45) is 0.545. The van der Waals surface area contributed by atoms with Gasteiger partial charge in [0.05, 0.1) is 5.69 Å². The summed E-state index contributed by atoms with van der Waals surface area (Å²) in [6.45, 7) is 7.44. The second-order valence-electron chi connectivity index (χ2n) is 3.93. The highest BCUT2D eigenvalue weighted by atomic mass is 16.5. The molecule has 2 atom stereocenters. The molecule has 2 N–H and O–H groups in total. The number of carboxylic acid groups (broad SMARTS) is 1. The van der Waals surface area contributed by atoms with Gasteiger partial charge in [-0.2, -0.15) is 0 Å². The number of hydrogen-bond acceptors (Lipinski definition) is 4. The van der Waals surface area contributed by atoms with Gasteiger partial charge in [-0.1, -0.05) is 12.1 Å². The zero-order chi connectivity index (χ0) is 12.3. The maximum absolute atomic E-state index is 10.9. The van der Waals surface area contributed by atoms with Crippen LogP contribution in [0.3, 0.4) is 0 Å². The number of hydrogen-bond donors (Lipinski definition) is 2. The van der Waals surface area contributed by atoms with Crippen LogP contribution < -0.4 is 5.32 Å². The van der Waals surface area contributed by atoms with Crippen molar-refractivity contribution < 1.29 is 14.4 Å². The molecule has 0 radical (unpaired) electrons. The number of aryl methyl sites for hydroxylation is 2. The summed E-state index contributed by atoms with van der Waals surface area (Å²) in [5.74, 6) is -0.0983. The highest BCUT2D eigenvalue weighted by Gasteiger charge is 2.22. The van der Waals surface area contributed by atoms with E-state index >= 15 is 0 Å². The van der Waals surface area contributed by atoms with Gasteiger partial charge >= 0.3 is 5.97 Å². The zero-order valence-corrected chi connectivity index (χ0v) is 10.1. The lowest BCUT2D eigenvalue weighted by Gasteiger charge is -2.18. The molecule has 0 fully saturated rings. The first kappa shape index (κ1) is 12.7. The molecule has 2 unspecified atom stereocenters. The molecule has 0 saturated carbocycles. The van der Waals surface area contributed by atoms with Gasteiger partial charge in [-0.15, -0.1) is 0 Å². The number of nitrogens with zero attached hydrogens (tertiary/aromatic N) is 1. The number of aliphatic carboxylic acids is 1. The highest BCUT2D eigenvalue weighted by molar-refractivity contribution is 5.73. The van der Waals surface area contributed by atoms with Crippen LogP contribution in [-0.2, 0) is 4.79 Å². The fourth-order valence-corrected chi connectivity index (χ4v) is 1.86. The average Bonchev–Trinajstić information content (AvgIpc) is 2.54. The maximum atomic E-state index is 10.9. The Morgan fingerprint density at radius 1 is 1.56 bits per heavy atom. The van der Waals surface area contributed by atoms with Crippen molar-refractivity contribution in [3.05, 3.63) is 17.0 Å². The lowest BCUT2D eigenvalue weighted by atomic mass is 10.1. The number of carbonyl (C=O) groups is 1. The van der Waals surface area contributed by atoms with Gasteiger partial charge in [-0.3, -0.25) is 10.1 Å². The van der Waals surface area contributed by atoms with Gasteiger partial charge in [0.15, 0.2) is 0 Å². The van der Waals surface area contributed by atoms with Crippen LogP contribution in [0.1, 0.15) is 43.3 Å². The predicted octanol–water partition coefficient (Wildman–Crippen LogP) is 1.81. The van der Waals surface area contributed by atoms with E-state index in [1.54, 1.807) is 0 Å². The van der Waals surface area contributed by atoms with Crippen LogP contribution >= 0.6 is 0 Å². The van der Waals surface area contributed by atoms with E-state index in [4.69, 9.17) is 9.63 Å². The molecule has 0 aliphatic rings. The van der Waals surface area contributed by atoms with E-state index in [-0.39, 0.29) is 6.04 Å². The second kappa shape index (κ2) is 5.12. The summed E-state index contributed by atoms with van der Waals surface area (Å²) in [4.78, 5) is 10.9. The zero-order valence-electron chi connectivity index (χ0n) is 10.1. The van der Waals surface area contributed by atoms with Crippen LogP contribution in [0.4, 0.5) is 0 Å². The van der Waals surface area contributed by atoms with E-state index in [9.17, 15) is 4.79 Å². The smallest absolute Gasteiger partial charge is 0.320 e. The molecule has 0 amide bonds. The Morgan fingerprint density at radius 3 is 2.56 bits per heavy atom. The fourth-order valence-electron chi connectivity index (χ4n) is 1.86. The third-order valence-corrected chi connectivity index (χ3v) is 2.68. The summed E-state index contributed by atoms with van der Waals surface area (Å²) in [5.41, 5.74) is 1.75. The molecule has 5 nitrogen and oxygen atoms in total. The second-order valence-corrected chi connectivity index (χ2v) is 3.93. The molecule has 0 aliphatic heterocycles. The van der Waals surface area contributed by atoms with Crippen LogP contribution in [-0.4, -0.2) is 22.3 Å². The van der Waals surface area contributed by atoms with Crippen molar-refractivity contribution in [2.24, 2.45) is 0 Å². The van der Waals surface area contributed by atoms with Crippen molar-refractivity contribution >= 4 is 5.97 Å². The van der Waals surface area contributed by atoms with Crippen molar-refractivity contribution in [3.63, 3.8) is 0 Å². The third-order valence-electron chi connectivity index (χ3n) is 2.68. The molecule has 16 heavy (non-hydrogen) atoms. The van der Waals surface area contributed by atoms with E-state index in [1.165, 1.54) is 0 Å². The predicted molar refractivity (Wildman–Crippen MR) is 59.2 cm³/mol. The van der Waals surface area contributed by atoms with Crippen molar-refractivity contribution in [1.82, 2.24) is 10.5 Å². The van der Waals surface area contributed by atoms with Crippen molar-refractivity contribution in [1.29, 1.82) is 0 Å². The molecule has 0 aromatic carbocycles. The van der Waals surface area contributed by atoms with E-state index in [0.29, 0.717) is 6.42 Å². The van der Waals surface area contributed by atoms with Gasteiger partial charge in [0.2, 0.25) is 0 Å². The average molecular weight is 226 g/mol. The van der Waals surface area contributed by atoms with Gasteiger partial charge in [-0.05, 0) is 27.2 Å². The lowest BCUT2D eigenvalue weighted by molar-refractivity contribution is -0.139. The minimum Gasteiger partial charge on any atom is -0.480 e. The van der Waals surface area contributed by atoms with E-state index < -0.39 is 12.0 Å². The molecular weight excluding hydrogens is 208 g/mol. The summed E-state index contributed by atoms with van der Waals surface area (Å²) >= 11 is 0. The van der Waals surface area contributed by atoms with Crippen molar-refractivity contribution in [3.8, 4) is 0 Å². The summed E-state index contributed by atoms with van der Waals surface area (Å²) in [6, 6.07) is -0.615. The number of carboxylic acids is 1. The van der Waals surface area contributed by atoms with Gasteiger partial charge in [0.1, 0.15) is 11.8 Å². The first-order chi connectivity index (χ1) is 7.47. The first-order valence-electron chi connectivity index (χ1n) is 5.39. The van der Waals surface area contributed by atoms with Gasteiger partial charge in [0.25, 0.3) is 0 Å². The van der Waals surface area contributed by atoms with Gasteiger partial charge in [0, 0.05) is 11.6 Å². The molecule has 5 heteroatoms. The molecule has 0 spiro atoms. The fraction of sp³-hybridized carbons (Fsp3) is 0.636.